The van der Waals surface area contributed by atoms with E-state index in [1.165, 1.54) is 0 Å². The van der Waals surface area contributed by atoms with Crippen molar-refractivity contribution in [3.8, 4) is 0 Å². The van der Waals surface area contributed by atoms with Crippen molar-refractivity contribution in [1.29, 1.82) is 0 Å². The molecule has 2 heteroatoms. The number of aliphatic hydroxyl groups is 1. The lowest BCUT2D eigenvalue weighted by Crippen LogP contribution is -2.34. The van der Waals surface area contributed by atoms with Gasteiger partial charge in [0.15, 0.2) is 0 Å². The smallest absolute Gasteiger partial charge is 0.107 e. The van der Waals surface area contributed by atoms with Gasteiger partial charge in [-0.15, -0.1) is 0 Å². The highest BCUT2D eigenvalue weighted by Gasteiger charge is 2.09. The number of aliphatic hydroxyl groups excluding tert-OH is 1. The van der Waals surface area contributed by atoms with Crippen LogP contribution in [0, 0.1) is 5.92 Å². The fourth-order valence-corrected chi connectivity index (χ4v) is 0.717. The van der Waals surface area contributed by atoms with Crippen molar-refractivity contribution in [3.63, 3.8) is 0 Å². The molecule has 0 aliphatic heterocycles. The predicted octanol–water partition coefficient (Wildman–Crippen LogP) is 1.35. The summed E-state index contributed by atoms with van der Waals surface area (Å²) in [6.45, 7) is 7.14. The van der Waals surface area contributed by atoms with Gasteiger partial charge < -0.3 is 5.11 Å². The van der Waals surface area contributed by atoms with Crippen molar-refractivity contribution >= 4 is 0 Å². The van der Waals surface area contributed by atoms with Crippen LogP contribution in [-0.4, -0.2) is 17.9 Å². The zero-order valence-electron chi connectivity index (χ0n) is 7.22. The van der Waals surface area contributed by atoms with Crippen LogP contribution in [0.1, 0.15) is 33.6 Å². The summed E-state index contributed by atoms with van der Waals surface area (Å²) in [5, 5.41) is 12.4. The van der Waals surface area contributed by atoms with Crippen molar-refractivity contribution in [2.24, 2.45) is 5.92 Å². The standard InChI is InChI=1S/C8H19NO/c1-4-6-9-8(10)7(3)5-2/h7-10H,4-6H2,1-3H3. The Kier molecular flexibility index (Phi) is 5.64. The third kappa shape index (κ3) is 3.85. The highest BCUT2D eigenvalue weighted by atomic mass is 16.3. The number of hydrogen-bond donors (Lipinski definition) is 2. The molecule has 2 unspecified atom stereocenters. The SMILES string of the molecule is CCCNC(O)C(C)CC. The summed E-state index contributed by atoms with van der Waals surface area (Å²) in [7, 11) is 0. The molecule has 0 aromatic rings. The van der Waals surface area contributed by atoms with Gasteiger partial charge in [0, 0.05) is 0 Å². The van der Waals surface area contributed by atoms with Crippen LogP contribution in [0.4, 0.5) is 0 Å². The van der Waals surface area contributed by atoms with E-state index in [9.17, 15) is 5.11 Å². The van der Waals surface area contributed by atoms with Crippen LogP contribution in [0.15, 0.2) is 0 Å². The number of hydrogen-bond acceptors (Lipinski definition) is 2. The second-order valence-electron chi connectivity index (χ2n) is 2.78. The van der Waals surface area contributed by atoms with Gasteiger partial charge in [-0.05, 0) is 25.3 Å². The molecule has 0 spiro atoms. The summed E-state index contributed by atoms with van der Waals surface area (Å²) in [6, 6.07) is 0. The Morgan fingerprint density at radius 2 is 2.00 bits per heavy atom. The molecular formula is C8H19NO. The Morgan fingerprint density at radius 3 is 2.40 bits per heavy atom. The Morgan fingerprint density at radius 1 is 1.40 bits per heavy atom. The van der Waals surface area contributed by atoms with Crippen molar-refractivity contribution in [1.82, 2.24) is 5.32 Å². The first kappa shape index (κ1) is 9.92. The molecule has 0 amide bonds. The molecule has 0 aliphatic rings. The van der Waals surface area contributed by atoms with Crippen LogP contribution >= 0.6 is 0 Å². The molecule has 0 radical (unpaired) electrons. The lowest BCUT2D eigenvalue weighted by Gasteiger charge is -2.17. The lowest BCUT2D eigenvalue weighted by atomic mass is 10.1. The first-order valence-corrected chi connectivity index (χ1v) is 4.13. The predicted molar refractivity (Wildman–Crippen MR) is 43.8 cm³/mol. The van der Waals surface area contributed by atoms with E-state index in [0.29, 0.717) is 5.92 Å². The largest absolute Gasteiger partial charge is 0.378 e. The molecule has 2 atom stereocenters. The van der Waals surface area contributed by atoms with E-state index in [0.717, 1.165) is 19.4 Å². The Hall–Kier alpha value is -0.0800. The summed E-state index contributed by atoms with van der Waals surface area (Å²) < 4.78 is 0. The van der Waals surface area contributed by atoms with E-state index >= 15 is 0 Å². The zero-order valence-corrected chi connectivity index (χ0v) is 7.22. The molecule has 0 heterocycles. The topological polar surface area (TPSA) is 32.3 Å². The van der Waals surface area contributed by atoms with Crippen molar-refractivity contribution in [3.05, 3.63) is 0 Å². The molecule has 0 saturated carbocycles. The summed E-state index contributed by atoms with van der Waals surface area (Å²) >= 11 is 0. The number of rotatable bonds is 5. The van der Waals surface area contributed by atoms with Gasteiger partial charge >= 0.3 is 0 Å². The van der Waals surface area contributed by atoms with Crippen LogP contribution in [0.3, 0.4) is 0 Å². The maximum atomic E-state index is 9.34. The van der Waals surface area contributed by atoms with Crippen LogP contribution in [0.5, 0.6) is 0 Å². The summed E-state index contributed by atoms with van der Waals surface area (Å²) in [6.07, 6.45) is 1.79. The highest BCUT2D eigenvalue weighted by molar-refractivity contribution is 4.59. The zero-order chi connectivity index (χ0) is 7.98. The summed E-state index contributed by atoms with van der Waals surface area (Å²) in [5.41, 5.74) is 0. The monoisotopic (exact) mass is 145 g/mol. The van der Waals surface area contributed by atoms with Gasteiger partial charge in [0.1, 0.15) is 6.23 Å². The fourth-order valence-electron chi connectivity index (χ4n) is 0.717. The third-order valence-electron chi connectivity index (χ3n) is 1.79. The van der Waals surface area contributed by atoms with Gasteiger partial charge in [-0.3, -0.25) is 5.32 Å². The first-order valence-electron chi connectivity index (χ1n) is 4.13. The average Bonchev–Trinajstić information content (AvgIpc) is 1.98. The second kappa shape index (κ2) is 5.69. The molecule has 0 bridgehead atoms. The maximum absolute atomic E-state index is 9.34. The van der Waals surface area contributed by atoms with Crippen LogP contribution < -0.4 is 5.32 Å². The van der Waals surface area contributed by atoms with Gasteiger partial charge in [0.25, 0.3) is 0 Å². The molecule has 2 nitrogen and oxygen atoms in total. The van der Waals surface area contributed by atoms with E-state index < -0.39 is 0 Å². The van der Waals surface area contributed by atoms with Gasteiger partial charge in [0.05, 0.1) is 0 Å². The highest BCUT2D eigenvalue weighted by Crippen LogP contribution is 2.03. The molecule has 0 fully saturated rings. The molecular weight excluding hydrogens is 126 g/mol. The Balaban J connectivity index is 3.31. The molecule has 10 heavy (non-hydrogen) atoms. The third-order valence-corrected chi connectivity index (χ3v) is 1.79. The van der Waals surface area contributed by atoms with Crippen molar-refractivity contribution in [2.75, 3.05) is 6.54 Å². The van der Waals surface area contributed by atoms with E-state index in [1.807, 2.05) is 6.92 Å². The van der Waals surface area contributed by atoms with E-state index in [2.05, 4.69) is 19.2 Å². The van der Waals surface area contributed by atoms with Gasteiger partial charge in [-0.2, -0.15) is 0 Å². The molecule has 62 valence electrons. The van der Waals surface area contributed by atoms with Gasteiger partial charge in [0.2, 0.25) is 0 Å². The minimum Gasteiger partial charge on any atom is -0.378 e. The van der Waals surface area contributed by atoms with E-state index in [1.54, 1.807) is 0 Å². The summed E-state index contributed by atoms with van der Waals surface area (Å²) in [4.78, 5) is 0. The van der Waals surface area contributed by atoms with Crippen LogP contribution in [-0.2, 0) is 0 Å². The van der Waals surface area contributed by atoms with E-state index in [4.69, 9.17) is 0 Å². The van der Waals surface area contributed by atoms with Crippen LogP contribution in [0.25, 0.3) is 0 Å². The molecule has 0 aromatic heterocycles. The molecule has 0 rings (SSSR count). The lowest BCUT2D eigenvalue weighted by molar-refractivity contribution is 0.0812. The number of nitrogens with one attached hydrogen (secondary N) is 1. The first-order chi connectivity index (χ1) is 4.72. The molecule has 2 N–H and O–H groups in total. The maximum Gasteiger partial charge on any atom is 0.107 e. The van der Waals surface area contributed by atoms with Gasteiger partial charge in [-0.1, -0.05) is 20.8 Å². The minimum atomic E-state index is -0.315. The normalized spacial score (nSPS) is 16.8. The Labute approximate surface area is 63.6 Å². The van der Waals surface area contributed by atoms with Crippen LogP contribution in [0.2, 0.25) is 0 Å². The minimum absolute atomic E-state index is 0.315. The molecule has 0 aliphatic carbocycles. The van der Waals surface area contributed by atoms with Crippen molar-refractivity contribution < 1.29 is 5.11 Å². The second-order valence-corrected chi connectivity index (χ2v) is 2.78. The summed E-state index contributed by atoms with van der Waals surface area (Å²) in [5.74, 6) is 0.367. The fraction of sp³-hybridized carbons (Fsp3) is 1.00. The molecule has 0 saturated heterocycles. The Bertz CT molecular complexity index is 75.7. The quantitative estimate of drug-likeness (QED) is 0.572. The van der Waals surface area contributed by atoms with Gasteiger partial charge in [-0.25, -0.2) is 0 Å². The van der Waals surface area contributed by atoms with Crippen molar-refractivity contribution in [2.45, 2.75) is 39.8 Å². The average molecular weight is 145 g/mol. The van der Waals surface area contributed by atoms with E-state index in [-0.39, 0.29) is 6.23 Å². The molecule has 0 aromatic carbocycles.